The molecule has 0 spiro atoms. The Balaban J connectivity index is 1.24. The van der Waals surface area contributed by atoms with Gasteiger partial charge < -0.3 is 13.8 Å². The minimum Gasteiger partial charge on any atom is -0.365 e. The van der Waals surface area contributed by atoms with E-state index in [1.807, 2.05) is 36.4 Å². The zero-order valence-corrected chi connectivity index (χ0v) is 24.8. The van der Waals surface area contributed by atoms with Crippen molar-refractivity contribution in [2.75, 3.05) is 25.9 Å². The molecule has 1 heterocycles. The van der Waals surface area contributed by atoms with E-state index in [2.05, 4.69) is 33.3 Å². The van der Waals surface area contributed by atoms with Gasteiger partial charge in [-0.2, -0.15) is 8.42 Å². The van der Waals surface area contributed by atoms with Gasteiger partial charge in [0.1, 0.15) is 6.10 Å². The molecule has 8 heteroatoms. The van der Waals surface area contributed by atoms with Crippen molar-refractivity contribution >= 4 is 21.9 Å². The van der Waals surface area contributed by atoms with Gasteiger partial charge in [-0.15, -0.1) is 0 Å². The lowest BCUT2D eigenvalue weighted by Gasteiger charge is -2.34. The largest absolute Gasteiger partial charge is 0.365 e. The lowest BCUT2D eigenvalue weighted by Crippen LogP contribution is -2.38. The molecule has 0 aromatic heterocycles. The minimum absolute atomic E-state index is 0.0415. The van der Waals surface area contributed by atoms with Gasteiger partial charge >= 0.3 is 16.1 Å². The summed E-state index contributed by atoms with van der Waals surface area (Å²) in [5.74, 6) is -0.816. The standard InChI is InChI=1S/C33H39NO6S/c1-33(2,32(36)40-41(3,37)38)28-18-16-25(17-19-28)30(35)15-10-22-34-23-20-29(21-24-34)39-31(26-11-6-4-7-12-26)27-13-8-5-9-14-27/h4-9,11-14,16-19,29,31H,10,15,20-24H2,1-3H3. The Kier molecular flexibility index (Phi) is 10.1. The van der Waals surface area contributed by atoms with Gasteiger partial charge in [-0.25, -0.2) is 4.79 Å². The molecule has 218 valence electrons. The molecule has 0 bridgehead atoms. The van der Waals surface area contributed by atoms with Crippen LogP contribution in [-0.4, -0.2) is 57.1 Å². The van der Waals surface area contributed by atoms with E-state index in [0.717, 1.165) is 56.3 Å². The molecule has 0 aliphatic carbocycles. The Morgan fingerprint density at radius 3 is 1.93 bits per heavy atom. The number of hydrogen-bond acceptors (Lipinski definition) is 7. The Labute approximate surface area is 243 Å². The van der Waals surface area contributed by atoms with E-state index < -0.39 is 21.5 Å². The monoisotopic (exact) mass is 577 g/mol. The topological polar surface area (TPSA) is 90.0 Å². The maximum atomic E-state index is 12.8. The zero-order valence-electron chi connectivity index (χ0n) is 24.0. The van der Waals surface area contributed by atoms with Crippen LogP contribution in [0.15, 0.2) is 84.9 Å². The van der Waals surface area contributed by atoms with Crippen LogP contribution in [-0.2, 0) is 29.2 Å². The third kappa shape index (κ3) is 8.58. The molecule has 0 radical (unpaired) electrons. The third-order valence-electron chi connectivity index (χ3n) is 7.61. The summed E-state index contributed by atoms with van der Waals surface area (Å²) in [5, 5.41) is 0. The molecule has 1 fully saturated rings. The molecule has 7 nitrogen and oxygen atoms in total. The Morgan fingerprint density at radius 1 is 0.878 bits per heavy atom. The average Bonchev–Trinajstić information content (AvgIpc) is 2.96. The summed E-state index contributed by atoms with van der Waals surface area (Å²) in [6.45, 7) is 5.90. The number of hydrogen-bond donors (Lipinski definition) is 0. The molecule has 4 rings (SSSR count). The van der Waals surface area contributed by atoms with Crippen LogP contribution < -0.4 is 0 Å². The normalized spacial score (nSPS) is 15.1. The van der Waals surface area contributed by atoms with Gasteiger partial charge in [0, 0.05) is 25.1 Å². The van der Waals surface area contributed by atoms with Crippen LogP contribution in [0.5, 0.6) is 0 Å². The summed E-state index contributed by atoms with van der Waals surface area (Å²) >= 11 is 0. The van der Waals surface area contributed by atoms with E-state index >= 15 is 0 Å². The van der Waals surface area contributed by atoms with Crippen molar-refractivity contribution in [3.63, 3.8) is 0 Å². The zero-order chi connectivity index (χ0) is 29.5. The fraction of sp³-hybridized carbons (Fsp3) is 0.394. The molecule has 0 atom stereocenters. The SMILES string of the molecule is CC(C)(C(=O)OS(C)(=O)=O)c1ccc(C(=O)CCCN2CCC(OC(c3ccccc3)c3ccccc3)CC2)cc1. The number of Topliss-reactive ketones (excluding diaryl/α,β-unsaturated/α-hetero) is 1. The second-order valence-corrected chi connectivity index (χ2v) is 12.8. The lowest BCUT2D eigenvalue weighted by molar-refractivity contribution is -0.139. The van der Waals surface area contributed by atoms with Crippen molar-refractivity contribution in [2.45, 2.75) is 57.2 Å². The summed E-state index contributed by atoms with van der Waals surface area (Å²) in [7, 11) is -3.90. The van der Waals surface area contributed by atoms with E-state index in [9.17, 15) is 18.0 Å². The van der Waals surface area contributed by atoms with E-state index in [1.54, 1.807) is 38.1 Å². The number of ether oxygens (including phenoxy) is 1. The van der Waals surface area contributed by atoms with Crippen molar-refractivity contribution in [3.05, 3.63) is 107 Å². The highest BCUT2D eigenvalue weighted by Gasteiger charge is 2.34. The quantitative estimate of drug-likeness (QED) is 0.201. The van der Waals surface area contributed by atoms with Gasteiger partial charge in [0.25, 0.3) is 0 Å². The number of benzene rings is 3. The molecule has 1 aliphatic heterocycles. The molecular formula is C33H39NO6S. The molecule has 41 heavy (non-hydrogen) atoms. The van der Waals surface area contributed by atoms with Gasteiger partial charge in [-0.3, -0.25) is 4.79 Å². The number of piperidine rings is 1. The van der Waals surface area contributed by atoms with Crippen LogP contribution >= 0.6 is 0 Å². The second-order valence-electron chi connectivity index (χ2n) is 11.2. The molecule has 3 aromatic carbocycles. The predicted octanol–water partition coefficient (Wildman–Crippen LogP) is 5.70. The maximum Gasteiger partial charge on any atom is 0.331 e. The second kappa shape index (κ2) is 13.6. The fourth-order valence-corrected chi connectivity index (χ4v) is 5.59. The highest BCUT2D eigenvalue weighted by molar-refractivity contribution is 7.86. The number of ketones is 1. The van der Waals surface area contributed by atoms with Crippen molar-refractivity contribution in [1.29, 1.82) is 0 Å². The van der Waals surface area contributed by atoms with Crippen LogP contribution in [0.25, 0.3) is 0 Å². The summed E-state index contributed by atoms with van der Waals surface area (Å²) in [6, 6.07) is 27.4. The molecule has 1 aliphatic rings. The molecular weight excluding hydrogens is 538 g/mol. The first-order chi connectivity index (χ1) is 19.5. The first kappa shape index (κ1) is 30.6. The first-order valence-electron chi connectivity index (χ1n) is 14.1. The van der Waals surface area contributed by atoms with Gasteiger partial charge in [0.05, 0.1) is 17.8 Å². The Hall–Kier alpha value is -3.33. The Bertz CT molecular complexity index is 1360. The van der Waals surface area contributed by atoms with Crippen molar-refractivity contribution < 1.29 is 26.9 Å². The van der Waals surface area contributed by atoms with E-state index in [-0.39, 0.29) is 18.0 Å². The third-order valence-corrected chi connectivity index (χ3v) is 8.07. The summed E-state index contributed by atoms with van der Waals surface area (Å²) in [5.41, 5.74) is 2.30. The lowest BCUT2D eigenvalue weighted by atomic mass is 9.84. The van der Waals surface area contributed by atoms with Crippen LogP contribution in [0.4, 0.5) is 0 Å². The van der Waals surface area contributed by atoms with Crippen molar-refractivity contribution in [2.24, 2.45) is 0 Å². The van der Waals surface area contributed by atoms with Gasteiger partial charge in [0.2, 0.25) is 0 Å². The fourth-order valence-electron chi connectivity index (χ4n) is 5.11. The summed E-state index contributed by atoms with van der Waals surface area (Å²) < 4.78 is 33.9. The maximum absolute atomic E-state index is 12.8. The van der Waals surface area contributed by atoms with Crippen LogP contribution in [0, 0.1) is 0 Å². The van der Waals surface area contributed by atoms with Crippen LogP contribution in [0.3, 0.4) is 0 Å². The van der Waals surface area contributed by atoms with E-state index in [0.29, 0.717) is 17.5 Å². The molecule has 0 saturated carbocycles. The van der Waals surface area contributed by atoms with Gasteiger partial charge in [0.15, 0.2) is 5.78 Å². The number of likely N-dealkylation sites (tertiary alicyclic amines) is 1. The van der Waals surface area contributed by atoms with Gasteiger partial charge in [-0.1, -0.05) is 84.9 Å². The summed E-state index contributed by atoms with van der Waals surface area (Å²) in [4.78, 5) is 27.5. The molecule has 3 aromatic rings. The average molecular weight is 578 g/mol. The van der Waals surface area contributed by atoms with Crippen LogP contribution in [0.1, 0.15) is 72.7 Å². The van der Waals surface area contributed by atoms with Crippen LogP contribution in [0.2, 0.25) is 0 Å². The number of rotatable bonds is 12. The molecule has 0 amide bonds. The Morgan fingerprint density at radius 2 is 1.41 bits per heavy atom. The minimum atomic E-state index is -3.90. The smallest absolute Gasteiger partial charge is 0.331 e. The van der Waals surface area contributed by atoms with E-state index in [4.69, 9.17) is 4.74 Å². The highest BCUT2D eigenvalue weighted by atomic mass is 32.2. The first-order valence-corrected chi connectivity index (χ1v) is 15.9. The number of carbonyl (C=O) groups excluding carboxylic acids is 2. The molecule has 1 saturated heterocycles. The number of carbonyl (C=O) groups is 2. The predicted molar refractivity (Wildman–Crippen MR) is 159 cm³/mol. The highest BCUT2D eigenvalue weighted by Crippen LogP contribution is 2.30. The van der Waals surface area contributed by atoms with E-state index in [1.165, 1.54) is 0 Å². The number of nitrogens with zero attached hydrogens (tertiary/aromatic N) is 1. The van der Waals surface area contributed by atoms with Crippen molar-refractivity contribution in [1.82, 2.24) is 4.90 Å². The van der Waals surface area contributed by atoms with Crippen molar-refractivity contribution in [3.8, 4) is 0 Å². The molecule has 0 N–H and O–H groups in total. The molecule has 0 unspecified atom stereocenters. The summed E-state index contributed by atoms with van der Waals surface area (Å²) in [6.07, 6.45) is 4.01. The van der Waals surface area contributed by atoms with Gasteiger partial charge in [-0.05, 0) is 56.3 Å².